The number of nitrogens with zero attached hydrogens (tertiary/aromatic N) is 6. The maximum absolute atomic E-state index is 12.0. The molecule has 0 saturated carbocycles. The first-order valence-corrected chi connectivity index (χ1v) is 16.0. The Hall–Kier alpha value is -3.27. The van der Waals surface area contributed by atoms with Crippen LogP contribution in [0.1, 0.15) is 11.3 Å². The Bertz CT molecular complexity index is 1460. The van der Waals surface area contributed by atoms with Crippen LogP contribution in [-0.2, 0) is 21.2 Å². The molecule has 0 atom stereocenters. The monoisotopic (exact) mass is 483 g/mol. The zero-order valence-electron chi connectivity index (χ0n) is 18.9. The Morgan fingerprint density at radius 3 is 2.52 bits per heavy atom. The van der Waals surface area contributed by atoms with E-state index in [0.29, 0.717) is 24.4 Å². The molecule has 5 aromatic rings. The molecule has 33 heavy (non-hydrogen) atoms. The number of fused-ring (bicyclic) bond motifs is 2. The van der Waals surface area contributed by atoms with Gasteiger partial charge < -0.3 is 4.74 Å². The number of aromatic nitrogens is 5. The second-order valence-electron chi connectivity index (χ2n) is 9.03. The van der Waals surface area contributed by atoms with Crippen molar-refractivity contribution in [2.75, 3.05) is 18.3 Å². The predicted molar refractivity (Wildman–Crippen MR) is 127 cm³/mol. The zero-order chi connectivity index (χ0) is 23.8. The number of sulfone groups is 1. The fourth-order valence-electron chi connectivity index (χ4n) is 3.21. The van der Waals surface area contributed by atoms with Crippen LogP contribution in [0.25, 0.3) is 16.6 Å². The van der Waals surface area contributed by atoms with Crippen molar-refractivity contribution in [1.82, 2.24) is 24.3 Å². The summed E-state index contributed by atoms with van der Waals surface area (Å²) in [5.74, 6) is 0.0796. The molecule has 0 radical (unpaired) electrons. The van der Waals surface area contributed by atoms with Gasteiger partial charge in [-0.05, 0) is 30.3 Å². The van der Waals surface area contributed by atoms with Crippen molar-refractivity contribution >= 4 is 40.3 Å². The van der Waals surface area contributed by atoms with E-state index in [0.717, 1.165) is 23.3 Å². The molecule has 0 aliphatic rings. The number of hydrogen-bond donors (Lipinski definition) is 1. The lowest BCUT2D eigenvalue weighted by Gasteiger charge is -2.16. The topological polar surface area (TPSA) is 127 Å². The van der Waals surface area contributed by atoms with Crippen LogP contribution >= 0.6 is 0 Å². The molecule has 4 bridgehead atoms. The van der Waals surface area contributed by atoms with Gasteiger partial charge in [0, 0.05) is 20.9 Å². The summed E-state index contributed by atoms with van der Waals surface area (Å²) in [7, 11) is -4.87. The highest BCUT2D eigenvalue weighted by Gasteiger charge is 2.18. The summed E-state index contributed by atoms with van der Waals surface area (Å²) < 4.78 is 33.4. The van der Waals surface area contributed by atoms with Gasteiger partial charge in [0.15, 0.2) is 5.82 Å². The molecule has 4 heterocycles. The van der Waals surface area contributed by atoms with Gasteiger partial charge in [0.05, 0.1) is 30.0 Å². The molecular weight excluding hydrogens is 458 g/mol. The lowest BCUT2D eigenvalue weighted by molar-refractivity contribution is 0.131. The van der Waals surface area contributed by atoms with Crippen LogP contribution in [0.15, 0.2) is 41.8 Å². The van der Waals surface area contributed by atoms with Gasteiger partial charge in [0.25, 0.3) is 0 Å². The largest absolute Gasteiger partial charge is 0.375 e. The van der Waals surface area contributed by atoms with Crippen molar-refractivity contribution < 1.29 is 13.2 Å². The van der Waals surface area contributed by atoms with Crippen LogP contribution in [-0.4, -0.2) is 53.6 Å². The van der Waals surface area contributed by atoms with Gasteiger partial charge in [0.2, 0.25) is 15.0 Å². The van der Waals surface area contributed by atoms with Gasteiger partial charge in [-0.25, -0.2) is 17.9 Å². The van der Waals surface area contributed by atoms with Crippen molar-refractivity contribution in [3.63, 3.8) is 0 Å². The molecule has 0 amide bonds. The number of nitrogens with one attached hydrogen (secondary N) is 1. The van der Waals surface area contributed by atoms with Crippen LogP contribution in [0.2, 0.25) is 25.7 Å². The third-order valence-electron chi connectivity index (χ3n) is 5.05. The average Bonchev–Trinajstić information content (AvgIpc) is 3.19. The van der Waals surface area contributed by atoms with E-state index in [2.05, 4.69) is 40.1 Å². The summed E-state index contributed by atoms with van der Waals surface area (Å²) in [6.07, 6.45) is 4.08. The van der Waals surface area contributed by atoms with E-state index < -0.39 is 17.9 Å². The van der Waals surface area contributed by atoms with Gasteiger partial charge in [-0.15, -0.1) is 0 Å². The first-order valence-electron chi connectivity index (χ1n) is 10.4. The fourth-order valence-corrected chi connectivity index (χ4v) is 4.46. The summed E-state index contributed by atoms with van der Waals surface area (Å²) in [6, 6.07) is 10.7. The van der Waals surface area contributed by atoms with Gasteiger partial charge in [-0.1, -0.05) is 19.6 Å². The molecule has 10 nitrogen and oxygen atoms in total. The molecule has 1 N–H and O–H groups in total. The number of hydrogen-bond acceptors (Lipinski definition) is 8. The highest BCUT2D eigenvalue weighted by Crippen LogP contribution is 2.21. The number of anilines is 1. The second kappa shape index (κ2) is 8.58. The molecule has 0 aliphatic carbocycles. The van der Waals surface area contributed by atoms with E-state index in [4.69, 9.17) is 4.74 Å². The molecule has 0 saturated heterocycles. The first kappa shape index (κ1) is 22.9. The summed E-state index contributed by atoms with van der Waals surface area (Å²) >= 11 is 0. The minimum atomic E-state index is -3.66. The summed E-state index contributed by atoms with van der Waals surface area (Å²) in [4.78, 5) is 7.91. The Balaban J connectivity index is 1.79. The Morgan fingerprint density at radius 2 is 1.88 bits per heavy atom. The van der Waals surface area contributed by atoms with Crippen molar-refractivity contribution in [2.45, 2.75) is 37.4 Å². The lowest BCUT2D eigenvalue weighted by Crippen LogP contribution is -2.21. The van der Waals surface area contributed by atoms with Crippen LogP contribution in [0, 0.1) is 11.3 Å². The smallest absolute Gasteiger partial charge is 0.248 e. The van der Waals surface area contributed by atoms with E-state index in [1.807, 2.05) is 36.5 Å². The van der Waals surface area contributed by atoms with E-state index in [1.165, 1.54) is 6.20 Å². The van der Waals surface area contributed by atoms with Gasteiger partial charge in [0.1, 0.15) is 22.8 Å². The normalized spacial score (nSPS) is 12.3. The minimum absolute atomic E-state index is 0.0796. The average molecular weight is 484 g/mol. The lowest BCUT2D eigenvalue weighted by atomic mass is 10.3. The number of benzene rings is 1. The third-order valence-corrected chi connectivity index (χ3v) is 7.62. The molecule has 12 heteroatoms. The third kappa shape index (κ3) is 5.05. The Labute approximate surface area is 192 Å². The predicted octanol–water partition coefficient (Wildman–Crippen LogP) is 3.08. The molecule has 0 aliphatic heterocycles. The minimum Gasteiger partial charge on any atom is -0.375 e. The Kier molecular flexibility index (Phi) is 5.96. The van der Waals surface area contributed by atoms with Crippen molar-refractivity contribution in [3.8, 4) is 6.07 Å². The van der Waals surface area contributed by atoms with Crippen LogP contribution < -0.4 is 5.43 Å². The number of rotatable bonds is 8. The quantitative estimate of drug-likeness (QED) is 0.230. The van der Waals surface area contributed by atoms with Crippen LogP contribution in [0.5, 0.6) is 0 Å². The molecular formula is C21H25N7O3SSi. The zero-order valence-corrected chi connectivity index (χ0v) is 20.7. The molecule has 172 valence electrons. The van der Waals surface area contributed by atoms with Gasteiger partial charge in [-0.2, -0.15) is 15.3 Å². The van der Waals surface area contributed by atoms with Crippen molar-refractivity contribution in [3.05, 3.63) is 47.9 Å². The SMILES string of the molecule is C[Si](C)(C)CCOCc1nn2cc1n(Nc1nc(S(C)(=O)=O)ncc1C#N)c1ccc2cc1. The van der Waals surface area contributed by atoms with Crippen LogP contribution in [0.3, 0.4) is 0 Å². The first-order chi connectivity index (χ1) is 15.5. The highest BCUT2D eigenvalue weighted by atomic mass is 32.2. The molecule has 4 aromatic heterocycles. The van der Waals surface area contributed by atoms with Gasteiger partial charge >= 0.3 is 0 Å². The molecule has 0 spiro atoms. The molecule has 1 aromatic carbocycles. The summed E-state index contributed by atoms with van der Waals surface area (Å²) in [6.45, 7) is 7.86. The maximum atomic E-state index is 12.0. The fraction of sp³-hybridized carbons (Fsp3) is 0.333. The van der Waals surface area contributed by atoms with Gasteiger partial charge in [-0.3, -0.25) is 10.1 Å². The molecule has 5 rings (SSSR count). The van der Waals surface area contributed by atoms with E-state index in [9.17, 15) is 13.7 Å². The van der Waals surface area contributed by atoms with Crippen molar-refractivity contribution in [2.24, 2.45) is 0 Å². The number of nitriles is 1. The Morgan fingerprint density at radius 1 is 1.18 bits per heavy atom. The van der Waals surface area contributed by atoms with E-state index in [1.54, 1.807) is 9.19 Å². The standard InChI is InChI=1S/C21H25N7O3SSi/c1-32(29,30)21-23-12-15(11-22)20(24-21)26-28-17-7-5-16(6-8-17)27-13-19(28)18(25-27)14-31-9-10-33(2,3)4/h5-8,12-13H,9-10,14H2,1-4H3,(H,23,24,26). The summed E-state index contributed by atoms with van der Waals surface area (Å²) in [5, 5.41) is 13.9. The summed E-state index contributed by atoms with van der Waals surface area (Å²) in [5.41, 5.74) is 6.31. The second-order valence-corrected chi connectivity index (χ2v) is 16.6. The van der Waals surface area contributed by atoms with E-state index in [-0.39, 0.29) is 16.5 Å². The number of ether oxygens (including phenoxy) is 1. The van der Waals surface area contributed by atoms with Crippen LogP contribution in [0.4, 0.5) is 5.82 Å². The highest BCUT2D eigenvalue weighted by molar-refractivity contribution is 7.90. The molecule has 0 unspecified atom stereocenters. The van der Waals surface area contributed by atoms with Crippen molar-refractivity contribution in [1.29, 1.82) is 5.26 Å². The molecule has 0 fully saturated rings. The van der Waals surface area contributed by atoms with E-state index >= 15 is 0 Å². The maximum Gasteiger partial charge on any atom is 0.248 e.